The Morgan fingerprint density at radius 3 is 2.41 bits per heavy atom. The van der Waals surface area contributed by atoms with Gasteiger partial charge in [0.15, 0.2) is 0 Å². The fourth-order valence-electron chi connectivity index (χ4n) is 4.29. The molecule has 1 saturated heterocycles. The Kier molecular flexibility index (Phi) is 4.68. The largest absolute Gasteiger partial charge is 0.371 e. The van der Waals surface area contributed by atoms with Crippen LogP contribution in [0.1, 0.15) is 63.9 Å². The minimum absolute atomic E-state index is 0.212. The van der Waals surface area contributed by atoms with Crippen molar-refractivity contribution in [2.75, 3.05) is 18.0 Å². The highest BCUT2D eigenvalue weighted by Gasteiger charge is 2.34. The first-order chi connectivity index (χ1) is 13.1. The van der Waals surface area contributed by atoms with Crippen molar-refractivity contribution in [1.82, 2.24) is 5.32 Å². The van der Waals surface area contributed by atoms with Gasteiger partial charge in [-0.25, -0.2) is 4.39 Å². The molecule has 0 saturated carbocycles. The van der Waals surface area contributed by atoms with Crippen molar-refractivity contribution < 1.29 is 14.0 Å². The summed E-state index contributed by atoms with van der Waals surface area (Å²) in [5.74, 6) is -0.413. The van der Waals surface area contributed by atoms with Gasteiger partial charge >= 0.3 is 0 Å². The first-order valence-electron chi connectivity index (χ1n) is 9.60. The second-order valence-corrected chi connectivity index (χ2v) is 7.34. The molecule has 140 valence electrons. The van der Waals surface area contributed by atoms with Gasteiger partial charge in [-0.1, -0.05) is 31.5 Å². The predicted molar refractivity (Wildman–Crippen MR) is 103 cm³/mol. The maximum absolute atomic E-state index is 13.2. The van der Waals surface area contributed by atoms with E-state index in [0.29, 0.717) is 17.0 Å². The Bertz CT molecular complexity index is 884. The molecule has 0 aromatic heterocycles. The van der Waals surface area contributed by atoms with Gasteiger partial charge in [-0.2, -0.15) is 0 Å². The van der Waals surface area contributed by atoms with Crippen molar-refractivity contribution in [2.24, 2.45) is 0 Å². The van der Waals surface area contributed by atoms with Gasteiger partial charge in [0.05, 0.1) is 16.8 Å². The Balaban J connectivity index is 1.62. The summed E-state index contributed by atoms with van der Waals surface area (Å²) in [7, 11) is 0. The van der Waals surface area contributed by atoms with Gasteiger partial charge in [0.2, 0.25) is 0 Å². The van der Waals surface area contributed by atoms with E-state index in [4.69, 9.17) is 0 Å². The Labute approximate surface area is 158 Å². The van der Waals surface area contributed by atoms with Crippen molar-refractivity contribution in [2.45, 2.75) is 38.5 Å². The number of rotatable bonds is 4. The summed E-state index contributed by atoms with van der Waals surface area (Å²) in [6.45, 7) is 3.75. The number of hydrogen-bond donors (Lipinski definition) is 1. The number of nitrogens with one attached hydrogen (secondary N) is 1. The Morgan fingerprint density at radius 1 is 1.04 bits per heavy atom. The van der Waals surface area contributed by atoms with Crippen LogP contribution in [0.15, 0.2) is 36.4 Å². The van der Waals surface area contributed by atoms with Crippen LogP contribution >= 0.6 is 0 Å². The lowest BCUT2D eigenvalue weighted by Gasteiger charge is -2.36. The number of hydrogen-bond acceptors (Lipinski definition) is 3. The number of fused-ring (bicyclic) bond motifs is 1. The third-order valence-electron chi connectivity index (χ3n) is 5.63. The molecule has 2 aliphatic rings. The number of aryl methyl sites for hydroxylation is 1. The lowest BCUT2D eigenvalue weighted by molar-refractivity contribution is 0.0880. The molecule has 1 N–H and O–H groups in total. The number of carbonyl (C=O) groups excluding carboxylic acids is 2. The quantitative estimate of drug-likeness (QED) is 0.831. The molecular formula is C22H23FN2O2. The van der Waals surface area contributed by atoms with Crippen LogP contribution in [0.25, 0.3) is 0 Å². The van der Waals surface area contributed by atoms with Crippen LogP contribution in [0, 0.1) is 5.82 Å². The zero-order chi connectivity index (χ0) is 19.0. The number of amides is 2. The van der Waals surface area contributed by atoms with Crippen molar-refractivity contribution in [3.05, 3.63) is 64.5 Å². The van der Waals surface area contributed by atoms with E-state index < -0.39 is 0 Å². The highest BCUT2D eigenvalue weighted by Crippen LogP contribution is 2.37. The fraction of sp³-hybridized carbons (Fsp3) is 0.364. The van der Waals surface area contributed by atoms with Gasteiger partial charge in [-0.15, -0.1) is 0 Å². The average molecular weight is 366 g/mol. The highest BCUT2D eigenvalue weighted by atomic mass is 19.1. The first kappa shape index (κ1) is 17.7. The summed E-state index contributed by atoms with van der Waals surface area (Å²) in [5.41, 5.74) is 4.23. The molecule has 0 aliphatic carbocycles. The maximum atomic E-state index is 13.2. The second-order valence-electron chi connectivity index (χ2n) is 7.34. The SMILES string of the molecule is CCCc1ccc2c(c1N1CCC(c3ccc(F)cc3)CC1)C(=O)NC2=O. The molecule has 2 aliphatic heterocycles. The van der Waals surface area contributed by atoms with Crippen LogP contribution in [0.4, 0.5) is 10.1 Å². The monoisotopic (exact) mass is 366 g/mol. The summed E-state index contributed by atoms with van der Waals surface area (Å²) in [6, 6.07) is 10.5. The smallest absolute Gasteiger partial charge is 0.261 e. The van der Waals surface area contributed by atoms with E-state index in [1.54, 1.807) is 6.07 Å². The molecule has 0 atom stereocenters. The van der Waals surface area contributed by atoms with Crippen LogP contribution in [-0.4, -0.2) is 24.9 Å². The van der Waals surface area contributed by atoms with Crippen LogP contribution < -0.4 is 10.2 Å². The lowest BCUT2D eigenvalue weighted by Crippen LogP contribution is -2.35. The topological polar surface area (TPSA) is 49.4 Å². The average Bonchev–Trinajstić information content (AvgIpc) is 2.97. The molecular weight excluding hydrogens is 343 g/mol. The molecule has 0 radical (unpaired) electrons. The molecule has 2 amide bonds. The van der Waals surface area contributed by atoms with Gasteiger partial charge in [-0.05, 0) is 54.5 Å². The number of halogens is 1. The summed E-state index contributed by atoms with van der Waals surface area (Å²) in [6.07, 6.45) is 3.74. The number of carbonyl (C=O) groups is 2. The zero-order valence-electron chi connectivity index (χ0n) is 15.4. The molecule has 4 rings (SSSR count). The van der Waals surface area contributed by atoms with Crippen LogP contribution in [0.2, 0.25) is 0 Å². The second kappa shape index (κ2) is 7.14. The van der Waals surface area contributed by atoms with E-state index in [1.807, 2.05) is 18.2 Å². The van der Waals surface area contributed by atoms with E-state index in [2.05, 4.69) is 17.1 Å². The first-order valence-corrected chi connectivity index (χ1v) is 9.60. The van der Waals surface area contributed by atoms with Crippen LogP contribution in [-0.2, 0) is 6.42 Å². The number of anilines is 1. The third-order valence-corrected chi connectivity index (χ3v) is 5.63. The zero-order valence-corrected chi connectivity index (χ0v) is 15.4. The van der Waals surface area contributed by atoms with Crippen molar-refractivity contribution in [3.63, 3.8) is 0 Å². The molecule has 0 unspecified atom stereocenters. The van der Waals surface area contributed by atoms with Gasteiger partial charge in [-0.3, -0.25) is 14.9 Å². The van der Waals surface area contributed by atoms with Crippen LogP contribution in [0.5, 0.6) is 0 Å². The molecule has 2 heterocycles. The predicted octanol–water partition coefficient (Wildman–Crippen LogP) is 4.05. The number of piperidine rings is 1. The lowest BCUT2D eigenvalue weighted by atomic mass is 9.88. The molecule has 0 bridgehead atoms. The van der Waals surface area contributed by atoms with Gasteiger partial charge < -0.3 is 4.90 Å². The van der Waals surface area contributed by atoms with Crippen molar-refractivity contribution in [1.29, 1.82) is 0 Å². The van der Waals surface area contributed by atoms with Gasteiger partial charge in [0, 0.05) is 13.1 Å². The Hall–Kier alpha value is -2.69. The third kappa shape index (κ3) is 3.22. The summed E-state index contributed by atoms with van der Waals surface area (Å²) in [4.78, 5) is 26.7. The van der Waals surface area contributed by atoms with E-state index in [0.717, 1.165) is 55.6 Å². The Morgan fingerprint density at radius 2 is 1.74 bits per heavy atom. The fourth-order valence-corrected chi connectivity index (χ4v) is 4.29. The molecule has 2 aromatic rings. The standard InChI is InChI=1S/C22H23FN2O2/c1-2-3-16-6-9-18-19(22(27)24-21(18)26)20(16)25-12-10-15(11-13-25)14-4-7-17(23)8-5-14/h4-9,15H,2-3,10-13H2,1H3,(H,24,26,27). The minimum Gasteiger partial charge on any atom is -0.371 e. The molecule has 1 fully saturated rings. The molecule has 27 heavy (non-hydrogen) atoms. The molecule has 2 aromatic carbocycles. The molecule has 4 nitrogen and oxygen atoms in total. The molecule has 5 heteroatoms. The van der Waals surface area contributed by atoms with Crippen molar-refractivity contribution >= 4 is 17.5 Å². The summed E-state index contributed by atoms with van der Waals surface area (Å²) < 4.78 is 13.2. The highest BCUT2D eigenvalue weighted by molar-refractivity contribution is 6.24. The minimum atomic E-state index is -0.305. The molecule has 0 spiro atoms. The van der Waals surface area contributed by atoms with Gasteiger partial charge in [0.25, 0.3) is 11.8 Å². The summed E-state index contributed by atoms with van der Waals surface area (Å²) >= 11 is 0. The van der Waals surface area contributed by atoms with E-state index in [9.17, 15) is 14.0 Å². The van der Waals surface area contributed by atoms with Crippen molar-refractivity contribution in [3.8, 4) is 0 Å². The van der Waals surface area contributed by atoms with E-state index in [1.165, 1.54) is 12.1 Å². The number of nitrogens with zero attached hydrogens (tertiary/aromatic N) is 1. The van der Waals surface area contributed by atoms with E-state index in [-0.39, 0.29) is 17.6 Å². The number of imide groups is 1. The van der Waals surface area contributed by atoms with Crippen LogP contribution in [0.3, 0.4) is 0 Å². The number of benzene rings is 2. The van der Waals surface area contributed by atoms with Gasteiger partial charge in [0.1, 0.15) is 5.82 Å². The summed E-state index contributed by atoms with van der Waals surface area (Å²) in [5, 5.41) is 2.43. The maximum Gasteiger partial charge on any atom is 0.261 e. The normalized spacial score (nSPS) is 17.2. The van der Waals surface area contributed by atoms with E-state index >= 15 is 0 Å².